The lowest BCUT2D eigenvalue weighted by molar-refractivity contribution is -0.134. The van der Waals surface area contributed by atoms with Crippen LogP contribution in [0.3, 0.4) is 0 Å². The van der Waals surface area contributed by atoms with Crippen LogP contribution in [0.4, 0.5) is 5.69 Å². The minimum Gasteiger partial charge on any atom is -0.427 e. The number of ether oxygens (including phenoxy) is 1. The summed E-state index contributed by atoms with van der Waals surface area (Å²) in [6.07, 6.45) is 4.90. The van der Waals surface area contributed by atoms with E-state index in [1.807, 2.05) is 21.6 Å². The van der Waals surface area contributed by atoms with Crippen LogP contribution in [0.2, 0.25) is 0 Å². The molecule has 1 unspecified atom stereocenters. The van der Waals surface area contributed by atoms with Gasteiger partial charge in [-0.05, 0) is 43.5 Å². The maximum absolute atomic E-state index is 11.8. The average molecular weight is 339 g/mol. The molecule has 6 heteroatoms. The molecular weight excluding hydrogens is 318 g/mol. The number of anilines is 1. The van der Waals surface area contributed by atoms with E-state index in [9.17, 15) is 9.59 Å². The van der Waals surface area contributed by atoms with Gasteiger partial charge >= 0.3 is 5.97 Å². The third-order valence-electron chi connectivity index (χ3n) is 3.29. The highest BCUT2D eigenvalue weighted by molar-refractivity contribution is 8.77. The van der Waals surface area contributed by atoms with E-state index in [-0.39, 0.29) is 11.9 Å². The molecule has 1 atom stereocenters. The number of nitrogens with one attached hydrogen (secondary N) is 1. The summed E-state index contributed by atoms with van der Waals surface area (Å²) in [6, 6.07) is 6.82. The molecule has 0 aliphatic carbocycles. The minimum atomic E-state index is -0.194. The number of hydrogen-bond acceptors (Lipinski definition) is 5. The molecule has 1 N–H and O–H groups in total. The van der Waals surface area contributed by atoms with Crippen molar-refractivity contribution in [3.63, 3.8) is 0 Å². The van der Waals surface area contributed by atoms with Crippen LogP contribution in [-0.2, 0) is 9.59 Å². The van der Waals surface area contributed by atoms with Crippen LogP contribution >= 0.6 is 21.6 Å². The van der Waals surface area contributed by atoms with Gasteiger partial charge in [-0.25, -0.2) is 0 Å². The highest BCUT2D eigenvalue weighted by Crippen LogP contribution is 2.39. The Morgan fingerprint density at radius 3 is 2.68 bits per heavy atom. The average Bonchev–Trinajstić information content (AvgIpc) is 2.98. The third-order valence-corrected chi connectivity index (χ3v) is 6.30. The highest BCUT2D eigenvalue weighted by Gasteiger charge is 2.16. The summed E-state index contributed by atoms with van der Waals surface area (Å²) in [5.74, 6) is 1.46. The van der Waals surface area contributed by atoms with Gasteiger partial charge in [0.2, 0.25) is 5.91 Å². The third kappa shape index (κ3) is 6.32. The van der Waals surface area contributed by atoms with Crippen LogP contribution < -0.4 is 10.1 Å². The molecule has 1 heterocycles. The van der Waals surface area contributed by atoms with Crippen molar-refractivity contribution in [2.75, 3.05) is 11.1 Å². The number of unbranched alkanes of at least 4 members (excludes halogenated alkanes) is 1. The van der Waals surface area contributed by atoms with Gasteiger partial charge in [-0.1, -0.05) is 28.0 Å². The molecule has 1 amide bonds. The first-order valence-corrected chi connectivity index (χ1v) is 9.88. The molecule has 0 bridgehead atoms. The number of amides is 1. The second-order valence-corrected chi connectivity index (χ2v) is 8.04. The summed E-state index contributed by atoms with van der Waals surface area (Å²) in [7, 11) is 3.93. The standard InChI is InChI=1S/C16H21NO3S2/c1-12(18)17-13-6-8-14(9-7-13)20-16(19)5-3-2-4-15-10-11-21-22-15/h6-9,15H,2-5,10-11H2,1H3,(H,17,18). The molecule has 1 aliphatic rings. The van der Waals surface area contributed by atoms with E-state index in [2.05, 4.69) is 5.32 Å². The zero-order valence-electron chi connectivity index (χ0n) is 12.7. The summed E-state index contributed by atoms with van der Waals surface area (Å²) < 4.78 is 5.29. The number of rotatable bonds is 7. The number of hydrogen-bond donors (Lipinski definition) is 1. The van der Waals surface area contributed by atoms with Gasteiger partial charge in [-0.2, -0.15) is 0 Å². The van der Waals surface area contributed by atoms with Crippen molar-refractivity contribution in [3.05, 3.63) is 24.3 Å². The summed E-state index contributed by atoms with van der Waals surface area (Å²) in [5, 5.41) is 3.44. The molecule has 120 valence electrons. The fourth-order valence-electron chi connectivity index (χ4n) is 2.20. The molecular formula is C16H21NO3S2. The van der Waals surface area contributed by atoms with Gasteiger partial charge in [0.25, 0.3) is 0 Å². The van der Waals surface area contributed by atoms with Crippen LogP contribution in [0, 0.1) is 0 Å². The Balaban J connectivity index is 1.64. The monoisotopic (exact) mass is 339 g/mol. The Bertz CT molecular complexity index is 499. The van der Waals surface area contributed by atoms with Gasteiger partial charge in [0.15, 0.2) is 0 Å². The van der Waals surface area contributed by atoms with Crippen molar-refractivity contribution in [1.82, 2.24) is 0 Å². The molecule has 4 nitrogen and oxygen atoms in total. The molecule has 1 aliphatic heterocycles. The van der Waals surface area contributed by atoms with Crippen molar-refractivity contribution in [3.8, 4) is 5.75 Å². The van der Waals surface area contributed by atoms with Gasteiger partial charge in [0.05, 0.1) is 0 Å². The molecule has 22 heavy (non-hydrogen) atoms. The summed E-state index contributed by atoms with van der Waals surface area (Å²) in [4.78, 5) is 22.7. The second-order valence-electron chi connectivity index (χ2n) is 5.25. The van der Waals surface area contributed by atoms with Gasteiger partial charge in [0, 0.05) is 30.0 Å². The highest BCUT2D eigenvalue weighted by atomic mass is 33.1. The molecule has 1 saturated heterocycles. The normalized spacial score (nSPS) is 17.2. The topological polar surface area (TPSA) is 55.4 Å². The van der Waals surface area contributed by atoms with E-state index in [4.69, 9.17) is 4.74 Å². The van der Waals surface area contributed by atoms with Gasteiger partial charge in [0.1, 0.15) is 5.75 Å². The fraction of sp³-hybridized carbons (Fsp3) is 0.500. The Labute approximate surface area is 139 Å². The lowest BCUT2D eigenvalue weighted by Crippen LogP contribution is -2.09. The largest absolute Gasteiger partial charge is 0.427 e. The van der Waals surface area contributed by atoms with Crippen molar-refractivity contribution >= 4 is 39.2 Å². The van der Waals surface area contributed by atoms with Crippen molar-refractivity contribution < 1.29 is 14.3 Å². The van der Waals surface area contributed by atoms with Crippen LogP contribution in [-0.4, -0.2) is 22.9 Å². The first-order valence-electron chi connectivity index (χ1n) is 7.50. The maximum Gasteiger partial charge on any atom is 0.311 e. The zero-order valence-corrected chi connectivity index (χ0v) is 14.3. The molecule has 1 aromatic carbocycles. The Morgan fingerprint density at radius 1 is 1.27 bits per heavy atom. The smallest absolute Gasteiger partial charge is 0.311 e. The first-order chi connectivity index (χ1) is 10.6. The lowest BCUT2D eigenvalue weighted by atomic mass is 10.1. The Kier molecular flexibility index (Phi) is 7.12. The number of esters is 1. The second kappa shape index (κ2) is 9.10. The molecule has 1 fully saturated rings. The Hall–Kier alpha value is -1.14. The van der Waals surface area contributed by atoms with Crippen LogP contribution in [0.1, 0.15) is 39.0 Å². The number of benzene rings is 1. The molecule has 0 spiro atoms. The molecule has 0 saturated carbocycles. The van der Waals surface area contributed by atoms with Crippen LogP contribution in [0.25, 0.3) is 0 Å². The van der Waals surface area contributed by atoms with Crippen LogP contribution in [0.5, 0.6) is 5.75 Å². The predicted molar refractivity (Wildman–Crippen MR) is 93.3 cm³/mol. The maximum atomic E-state index is 11.8. The van der Waals surface area contributed by atoms with E-state index in [0.717, 1.165) is 18.1 Å². The van der Waals surface area contributed by atoms with Crippen molar-refractivity contribution in [2.45, 2.75) is 44.3 Å². The lowest BCUT2D eigenvalue weighted by Gasteiger charge is -2.08. The Morgan fingerprint density at radius 2 is 2.05 bits per heavy atom. The van der Waals surface area contributed by atoms with Crippen molar-refractivity contribution in [1.29, 1.82) is 0 Å². The van der Waals surface area contributed by atoms with Gasteiger partial charge in [-0.15, -0.1) is 0 Å². The number of carbonyl (C=O) groups is 2. The SMILES string of the molecule is CC(=O)Nc1ccc(OC(=O)CCCCC2CCSS2)cc1. The first kappa shape index (κ1) is 17.2. The fourth-order valence-corrected chi connectivity index (χ4v) is 5.23. The van der Waals surface area contributed by atoms with E-state index >= 15 is 0 Å². The van der Waals surface area contributed by atoms with E-state index < -0.39 is 0 Å². The van der Waals surface area contributed by atoms with Gasteiger partial charge in [-0.3, -0.25) is 9.59 Å². The molecule has 2 rings (SSSR count). The molecule has 0 aromatic heterocycles. The zero-order chi connectivity index (χ0) is 15.8. The van der Waals surface area contributed by atoms with E-state index in [0.29, 0.717) is 17.9 Å². The minimum absolute atomic E-state index is 0.122. The molecule has 0 radical (unpaired) electrons. The molecule has 1 aromatic rings. The van der Waals surface area contributed by atoms with Crippen molar-refractivity contribution in [2.24, 2.45) is 0 Å². The van der Waals surface area contributed by atoms with Gasteiger partial charge < -0.3 is 10.1 Å². The summed E-state index contributed by atoms with van der Waals surface area (Å²) in [6.45, 7) is 1.46. The predicted octanol–water partition coefficient (Wildman–Crippen LogP) is 4.26. The van der Waals surface area contributed by atoms with E-state index in [1.54, 1.807) is 24.3 Å². The quantitative estimate of drug-likeness (QED) is 0.348. The summed E-state index contributed by atoms with van der Waals surface area (Å²) in [5.41, 5.74) is 0.694. The number of carbonyl (C=O) groups excluding carboxylic acids is 2. The van der Waals surface area contributed by atoms with Crippen LogP contribution in [0.15, 0.2) is 24.3 Å². The summed E-state index contributed by atoms with van der Waals surface area (Å²) >= 11 is 0. The van der Waals surface area contributed by atoms with E-state index in [1.165, 1.54) is 25.5 Å².